The molecule has 46 heavy (non-hydrogen) atoms. The van der Waals surface area contributed by atoms with Crippen molar-refractivity contribution in [1.29, 1.82) is 0 Å². The molecule has 2 aromatic heterocycles. The second-order valence-corrected chi connectivity index (χ2v) is 13.0. The summed E-state index contributed by atoms with van der Waals surface area (Å²) in [7, 11) is -2.61. The molecule has 10 heteroatoms. The number of carbonyl (C=O) groups is 1. The second-order valence-electron chi connectivity index (χ2n) is 11.4. The number of aryl methyl sites for hydroxylation is 3. The third kappa shape index (κ3) is 7.39. The Bertz CT molecular complexity index is 1970. The van der Waals surface area contributed by atoms with Gasteiger partial charge in [0.15, 0.2) is 5.65 Å². The van der Waals surface area contributed by atoms with E-state index in [0.29, 0.717) is 30.5 Å². The number of nitrogens with one attached hydrogen (secondary N) is 1. The number of unbranched alkanes of at least 4 members (excludes halogenated alkanes) is 1. The van der Waals surface area contributed by atoms with Gasteiger partial charge < -0.3 is 14.0 Å². The van der Waals surface area contributed by atoms with E-state index in [1.54, 1.807) is 19.2 Å². The Balaban J connectivity index is 1.50. The van der Waals surface area contributed by atoms with E-state index in [1.807, 2.05) is 74.5 Å². The van der Waals surface area contributed by atoms with Crippen LogP contribution in [0.2, 0.25) is 0 Å². The van der Waals surface area contributed by atoms with E-state index in [0.717, 1.165) is 63.5 Å². The fourth-order valence-corrected chi connectivity index (χ4v) is 6.63. The van der Waals surface area contributed by atoms with Gasteiger partial charge in [0.05, 0.1) is 25.2 Å². The Labute approximate surface area is 270 Å². The van der Waals surface area contributed by atoms with Crippen LogP contribution in [0.15, 0.2) is 77.7 Å². The Morgan fingerprint density at radius 1 is 0.913 bits per heavy atom. The van der Waals surface area contributed by atoms with Gasteiger partial charge in [0, 0.05) is 17.7 Å². The van der Waals surface area contributed by atoms with Gasteiger partial charge in [-0.2, -0.15) is 0 Å². The van der Waals surface area contributed by atoms with Gasteiger partial charge in [0.25, 0.3) is 10.0 Å². The highest BCUT2D eigenvalue weighted by Crippen LogP contribution is 2.31. The number of methoxy groups -OCH3 is 1. The van der Waals surface area contributed by atoms with Crippen LogP contribution in [0.3, 0.4) is 0 Å². The lowest BCUT2D eigenvalue weighted by atomic mass is 9.98. The van der Waals surface area contributed by atoms with Gasteiger partial charge in [-0.15, -0.1) is 0 Å². The predicted octanol–water partition coefficient (Wildman–Crippen LogP) is 7.14. The molecule has 0 aliphatic carbocycles. The Morgan fingerprint density at radius 2 is 1.65 bits per heavy atom. The predicted molar refractivity (Wildman–Crippen MR) is 180 cm³/mol. The van der Waals surface area contributed by atoms with Gasteiger partial charge in [-0.25, -0.2) is 27.9 Å². The van der Waals surface area contributed by atoms with E-state index in [4.69, 9.17) is 19.4 Å². The van der Waals surface area contributed by atoms with Crippen LogP contribution >= 0.6 is 0 Å². The van der Waals surface area contributed by atoms with Crippen LogP contribution in [-0.2, 0) is 34.1 Å². The van der Waals surface area contributed by atoms with Crippen molar-refractivity contribution in [2.24, 2.45) is 0 Å². The van der Waals surface area contributed by atoms with Crippen molar-refractivity contribution in [3.05, 3.63) is 107 Å². The van der Waals surface area contributed by atoms with Crippen LogP contribution in [0.25, 0.3) is 22.3 Å². The van der Waals surface area contributed by atoms with E-state index in [9.17, 15) is 13.2 Å². The maximum Gasteiger partial charge on any atom is 0.421 e. The highest BCUT2D eigenvalue weighted by molar-refractivity contribution is 7.90. The number of nitrogens with zero attached hydrogens (tertiary/aromatic N) is 3. The van der Waals surface area contributed by atoms with Crippen LogP contribution in [-0.4, -0.2) is 42.8 Å². The fourth-order valence-electron chi connectivity index (χ4n) is 5.53. The molecule has 1 amide bonds. The average Bonchev–Trinajstić information content (AvgIpc) is 3.38. The number of carbonyl (C=O) groups excluding carboxylic acids is 1. The summed E-state index contributed by atoms with van der Waals surface area (Å²) in [5, 5.41) is 0. The minimum atomic E-state index is -4.23. The summed E-state index contributed by atoms with van der Waals surface area (Å²) in [5.41, 5.74) is 7.93. The van der Waals surface area contributed by atoms with Gasteiger partial charge >= 0.3 is 6.09 Å². The molecular weight excluding hydrogens is 600 g/mol. The van der Waals surface area contributed by atoms with Gasteiger partial charge in [-0.05, 0) is 84.8 Å². The molecule has 1 N–H and O–H groups in total. The lowest BCUT2D eigenvalue weighted by Gasteiger charge is -2.15. The van der Waals surface area contributed by atoms with Crippen LogP contribution in [0.5, 0.6) is 5.75 Å². The molecule has 0 aliphatic heterocycles. The first-order chi connectivity index (χ1) is 22.1. The smallest absolute Gasteiger partial charge is 0.421 e. The fraction of sp³-hybridized carbons (Fsp3) is 0.306. The lowest BCUT2D eigenvalue weighted by molar-refractivity contribution is 0.151. The van der Waals surface area contributed by atoms with E-state index in [2.05, 4.69) is 23.1 Å². The zero-order valence-corrected chi connectivity index (χ0v) is 27.8. The van der Waals surface area contributed by atoms with Crippen molar-refractivity contribution in [2.45, 2.75) is 64.8 Å². The SMILES string of the molecule is CCCCOC(=O)NS(=O)(=O)c1ccc(Cc2cccc(OC)c2)cc1-c1ccc(Cn2c(CC)nc3c(C)cc(C)nc32)cc1. The van der Waals surface area contributed by atoms with Crippen LogP contribution in [0.4, 0.5) is 4.79 Å². The number of amides is 1. The van der Waals surface area contributed by atoms with Crippen LogP contribution in [0, 0.1) is 13.8 Å². The number of hydrogen-bond acceptors (Lipinski definition) is 7. The molecular formula is C36H40N4O5S. The molecule has 0 aliphatic rings. The summed E-state index contributed by atoms with van der Waals surface area (Å²) in [6, 6.07) is 22.8. The van der Waals surface area contributed by atoms with E-state index < -0.39 is 16.1 Å². The van der Waals surface area contributed by atoms with Gasteiger partial charge in [0.2, 0.25) is 0 Å². The average molecular weight is 641 g/mol. The summed E-state index contributed by atoms with van der Waals surface area (Å²) < 4.78 is 41.7. The first-order valence-electron chi connectivity index (χ1n) is 15.5. The molecule has 5 rings (SSSR count). The molecule has 3 aromatic carbocycles. The summed E-state index contributed by atoms with van der Waals surface area (Å²) >= 11 is 0. The van der Waals surface area contributed by atoms with Crippen LogP contribution < -0.4 is 9.46 Å². The minimum Gasteiger partial charge on any atom is -0.497 e. The highest BCUT2D eigenvalue weighted by Gasteiger charge is 2.23. The number of rotatable bonds is 12. The molecule has 0 radical (unpaired) electrons. The quantitative estimate of drug-likeness (QED) is 0.144. The summed E-state index contributed by atoms with van der Waals surface area (Å²) in [4.78, 5) is 22.0. The van der Waals surface area contributed by atoms with Crippen molar-refractivity contribution < 1.29 is 22.7 Å². The van der Waals surface area contributed by atoms with Gasteiger partial charge in [-0.1, -0.05) is 62.7 Å². The number of hydrogen-bond donors (Lipinski definition) is 1. The molecule has 2 heterocycles. The molecule has 0 fully saturated rings. The largest absolute Gasteiger partial charge is 0.497 e. The topological polar surface area (TPSA) is 112 Å². The Hall–Kier alpha value is -4.70. The number of imidazole rings is 1. The molecule has 9 nitrogen and oxygen atoms in total. The number of aromatic nitrogens is 3. The normalized spacial score (nSPS) is 11.5. The standard InChI is InChI=1S/C36H40N4O5S/c1-6-8-18-45-36(41)39-46(42,43)32-17-14-28(20-27-10-9-11-30(21-27)44-5)22-31(32)29-15-12-26(13-16-29)23-40-33(7-2)38-34-24(3)19-25(4)37-35(34)40/h9-17,19,21-22H,6-8,18,20,23H2,1-5H3,(H,39,41). The molecule has 0 saturated heterocycles. The third-order valence-corrected chi connectivity index (χ3v) is 9.22. The van der Waals surface area contributed by atoms with Crippen molar-refractivity contribution in [3.8, 4) is 16.9 Å². The highest BCUT2D eigenvalue weighted by atomic mass is 32.2. The number of benzene rings is 3. The molecule has 5 aromatic rings. The lowest BCUT2D eigenvalue weighted by Crippen LogP contribution is -2.31. The van der Waals surface area contributed by atoms with Gasteiger partial charge in [-0.3, -0.25) is 0 Å². The van der Waals surface area contributed by atoms with E-state index >= 15 is 0 Å². The van der Waals surface area contributed by atoms with Gasteiger partial charge in [0.1, 0.15) is 17.1 Å². The molecule has 0 spiro atoms. The number of pyridine rings is 1. The molecule has 0 unspecified atom stereocenters. The number of sulfonamides is 1. The third-order valence-electron chi connectivity index (χ3n) is 7.85. The molecule has 0 atom stereocenters. The zero-order chi connectivity index (χ0) is 32.8. The van der Waals surface area contributed by atoms with Crippen molar-refractivity contribution >= 4 is 27.3 Å². The van der Waals surface area contributed by atoms with Crippen LogP contribution in [0.1, 0.15) is 60.5 Å². The number of fused-ring (bicyclic) bond motifs is 1. The Morgan fingerprint density at radius 3 is 2.37 bits per heavy atom. The first kappa shape index (κ1) is 32.7. The number of ether oxygens (including phenoxy) is 2. The van der Waals surface area contributed by atoms with Crippen molar-refractivity contribution in [2.75, 3.05) is 13.7 Å². The summed E-state index contributed by atoms with van der Waals surface area (Å²) in [6.07, 6.45) is 1.81. The molecule has 0 bridgehead atoms. The maximum absolute atomic E-state index is 13.5. The molecule has 0 saturated carbocycles. The van der Waals surface area contributed by atoms with Crippen molar-refractivity contribution in [3.63, 3.8) is 0 Å². The Kier molecular flexibility index (Phi) is 10.1. The monoisotopic (exact) mass is 640 g/mol. The second kappa shape index (κ2) is 14.2. The van der Waals surface area contributed by atoms with E-state index in [-0.39, 0.29) is 11.5 Å². The van der Waals surface area contributed by atoms with Crippen molar-refractivity contribution in [1.82, 2.24) is 19.3 Å². The maximum atomic E-state index is 13.5. The first-order valence-corrected chi connectivity index (χ1v) is 17.0. The minimum absolute atomic E-state index is 0.00823. The zero-order valence-electron chi connectivity index (χ0n) is 27.0. The summed E-state index contributed by atoms with van der Waals surface area (Å²) in [5.74, 6) is 1.70. The molecule has 240 valence electrons. The summed E-state index contributed by atoms with van der Waals surface area (Å²) in [6.45, 7) is 8.79. The van der Waals surface area contributed by atoms with E-state index in [1.165, 1.54) is 0 Å².